The second-order valence-corrected chi connectivity index (χ2v) is 10.8. The predicted molar refractivity (Wildman–Crippen MR) is 132 cm³/mol. The molecule has 0 spiro atoms. The van der Waals surface area contributed by atoms with Crippen molar-refractivity contribution in [2.24, 2.45) is 5.92 Å². The molecule has 8 heteroatoms. The number of hydrogen-bond acceptors (Lipinski definition) is 7. The van der Waals surface area contributed by atoms with Gasteiger partial charge < -0.3 is 19.3 Å². The fourth-order valence-corrected chi connectivity index (χ4v) is 5.21. The van der Waals surface area contributed by atoms with Crippen LogP contribution in [0.25, 0.3) is 0 Å². The largest absolute Gasteiger partial charge is 0.456 e. The van der Waals surface area contributed by atoms with Crippen molar-refractivity contribution >= 4 is 17.9 Å². The van der Waals surface area contributed by atoms with Gasteiger partial charge in [-0.1, -0.05) is 33.6 Å². The number of carbonyl (C=O) groups is 2. The van der Waals surface area contributed by atoms with Gasteiger partial charge >= 0.3 is 12.1 Å². The molecule has 2 aliphatic rings. The highest BCUT2D eigenvalue weighted by Gasteiger charge is 2.39. The SMILES string of the molecule is CCC(CC)CC[C@H]1CN(C(=O)OC(C)(C)C)CCN1c1ncnc2c1[C@H](C)CC2OC(C)=O. The third kappa shape index (κ3) is 6.19. The van der Waals surface area contributed by atoms with Crippen molar-refractivity contribution in [2.75, 3.05) is 24.5 Å². The predicted octanol–water partition coefficient (Wildman–Crippen LogP) is 5.23. The lowest BCUT2D eigenvalue weighted by Crippen LogP contribution is -2.56. The minimum Gasteiger partial charge on any atom is -0.456 e. The third-order valence-electron chi connectivity index (χ3n) is 7.04. The highest BCUT2D eigenvalue weighted by molar-refractivity contribution is 5.69. The summed E-state index contributed by atoms with van der Waals surface area (Å²) in [5.41, 5.74) is 1.38. The van der Waals surface area contributed by atoms with Crippen molar-refractivity contribution in [3.63, 3.8) is 0 Å². The van der Waals surface area contributed by atoms with Gasteiger partial charge in [0, 0.05) is 38.2 Å². The summed E-state index contributed by atoms with van der Waals surface area (Å²) < 4.78 is 11.2. The Hall–Kier alpha value is -2.38. The number of fused-ring (bicyclic) bond motifs is 1. The molecule has 0 saturated carbocycles. The molecule has 1 aromatic rings. The van der Waals surface area contributed by atoms with E-state index in [4.69, 9.17) is 14.5 Å². The minimum atomic E-state index is -0.520. The average molecular weight is 475 g/mol. The summed E-state index contributed by atoms with van der Waals surface area (Å²) in [5.74, 6) is 1.49. The molecule has 3 atom stereocenters. The number of ether oxygens (including phenoxy) is 2. The van der Waals surface area contributed by atoms with Crippen LogP contribution in [-0.4, -0.2) is 58.2 Å². The van der Waals surface area contributed by atoms with Gasteiger partial charge in [-0.3, -0.25) is 4.79 Å². The number of amides is 1. The number of nitrogens with zero attached hydrogens (tertiary/aromatic N) is 4. The van der Waals surface area contributed by atoms with E-state index in [1.807, 2.05) is 25.7 Å². The lowest BCUT2D eigenvalue weighted by Gasteiger charge is -2.43. The first-order chi connectivity index (χ1) is 16.0. The highest BCUT2D eigenvalue weighted by Crippen LogP contribution is 2.45. The zero-order chi connectivity index (χ0) is 25.0. The Balaban J connectivity index is 1.88. The molecule has 1 unspecified atom stereocenters. The van der Waals surface area contributed by atoms with Crippen molar-refractivity contribution in [3.05, 3.63) is 17.6 Å². The van der Waals surface area contributed by atoms with Gasteiger partial charge in [-0.05, 0) is 51.9 Å². The van der Waals surface area contributed by atoms with E-state index in [-0.39, 0.29) is 30.1 Å². The maximum atomic E-state index is 12.8. The van der Waals surface area contributed by atoms with Crippen LogP contribution >= 0.6 is 0 Å². The number of rotatable bonds is 7. The molecular formula is C26H42N4O4. The van der Waals surface area contributed by atoms with Crippen LogP contribution < -0.4 is 4.90 Å². The van der Waals surface area contributed by atoms with Gasteiger partial charge in [0.05, 0.1) is 5.69 Å². The van der Waals surface area contributed by atoms with Crippen LogP contribution in [0.2, 0.25) is 0 Å². The van der Waals surface area contributed by atoms with Gasteiger partial charge in [0.25, 0.3) is 0 Å². The maximum Gasteiger partial charge on any atom is 0.410 e. The molecule has 0 N–H and O–H groups in total. The average Bonchev–Trinajstić information content (AvgIpc) is 3.08. The zero-order valence-electron chi connectivity index (χ0n) is 22.0. The molecule has 1 aliphatic carbocycles. The number of aromatic nitrogens is 2. The summed E-state index contributed by atoms with van der Waals surface area (Å²) in [5, 5.41) is 0. The molecule has 8 nitrogen and oxygen atoms in total. The van der Waals surface area contributed by atoms with E-state index in [1.54, 1.807) is 6.33 Å². The van der Waals surface area contributed by atoms with Crippen molar-refractivity contribution in [2.45, 2.75) is 104 Å². The van der Waals surface area contributed by atoms with Crippen LogP contribution in [0.5, 0.6) is 0 Å². The van der Waals surface area contributed by atoms with Crippen LogP contribution in [0.15, 0.2) is 6.33 Å². The van der Waals surface area contributed by atoms with E-state index in [0.717, 1.165) is 49.2 Å². The lowest BCUT2D eigenvalue weighted by atomic mass is 9.93. The quantitative estimate of drug-likeness (QED) is 0.500. The minimum absolute atomic E-state index is 0.140. The van der Waals surface area contributed by atoms with Gasteiger partial charge in [0.2, 0.25) is 0 Å². The number of piperazine rings is 1. The smallest absolute Gasteiger partial charge is 0.410 e. The van der Waals surface area contributed by atoms with Crippen LogP contribution in [0.4, 0.5) is 10.6 Å². The monoisotopic (exact) mass is 474 g/mol. The van der Waals surface area contributed by atoms with Crippen molar-refractivity contribution in [1.82, 2.24) is 14.9 Å². The van der Waals surface area contributed by atoms with E-state index >= 15 is 0 Å². The summed E-state index contributed by atoms with van der Waals surface area (Å²) in [6.45, 7) is 15.6. The number of anilines is 1. The third-order valence-corrected chi connectivity index (χ3v) is 7.04. The number of hydrogen-bond donors (Lipinski definition) is 0. The van der Waals surface area contributed by atoms with Crippen LogP contribution in [0.3, 0.4) is 0 Å². The van der Waals surface area contributed by atoms with Crippen LogP contribution in [-0.2, 0) is 14.3 Å². The fourth-order valence-electron chi connectivity index (χ4n) is 5.21. The number of esters is 1. The van der Waals surface area contributed by atoms with Gasteiger partial charge in [-0.15, -0.1) is 0 Å². The highest BCUT2D eigenvalue weighted by atomic mass is 16.6. The van der Waals surface area contributed by atoms with Gasteiger partial charge in [-0.25, -0.2) is 14.8 Å². The Labute approximate surface area is 204 Å². The molecule has 1 aliphatic heterocycles. The summed E-state index contributed by atoms with van der Waals surface area (Å²) in [7, 11) is 0. The van der Waals surface area contributed by atoms with E-state index in [0.29, 0.717) is 25.6 Å². The van der Waals surface area contributed by atoms with Crippen molar-refractivity contribution < 1.29 is 19.1 Å². The first kappa shape index (κ1) is 26.2. The Kier molecular flexibility index (Phi) is 8.42. The van der Waals surface area contributed by atoms with Gasteiger partial charge in [-0.2, -0.15) is 0 Å². The molecule has 1 amide bonds. The standard InChI is InChI=1S/C26H42N4O4/c1-8-19(9-2)10-11-20-15-29(25(32)34-26(5,6)7)12-13-30(20)24-22-17(3)14-21(33-18(4)31)23(22)27-16-28-24/h16-17,19-21H,8-15H2,1-7H3/t17-,20+,21?/m1/s1. The molecular weight excluding hydrogens is 432 g/mol. The van der Waals surface area contributed by atoms with Gasteiger partial charge in [0.1, 0.15) is 23.9 Å². The molecule has 34 heavy (non-hydrogen) atoms. The summed E-state index contributed by atoms with van der Waals surface area (Å²) in [6.07, 6.45) is 6.12. The Morgan fingerprint density at radius 1 is 1.18 bits per heavy atom. The fraction of sp³-hybridized carbons (Fsp3) is 0.769. The molecule has 190 valence electrons. The Morgan fingerprint density at radius 2 is 1.88 bits per heavy atom. The van der Waals surface area contributed by atoms with E-state index < -0.39 is 5.60 Å². The van der Waals surface area contributed by atoms with Crippen molar-refractivity contribution in [3.8, 4) is 0 Å². The summed E-state index contributed by atoms with van der Waals surface area (Å²) in [4.78, 5) is 37.9. The molecule has 0 radical (unpaired) electrons. The molecule has 1 saturated heterocycles. The molecule has 1 fully saturated rings. The Bertz CT molecular complexity index is 865. The molecule has 3 rings (SSSR count). The van der Waals surface area contributed by atoms with E-state index in [1.165, 1.54) is 6.92 Å². The van der Waals surface area contributed by atoms with E-state index in [2.05, 4.69) is 30.7 Å². The topological polar surface area (TPSA) is 84.9 Å². The molecule has 0 aromatic carbocycles. The maximum absolute atomic E-state index is 12.8. The first-order valence-electron chi connectivity index (χ1n) is 12.8. The second kappa shape index (κ2) is 10.9. The molecule has 1 aromatic heterocycles. The first-order valence-corrected chi connectivity index (χ1v) is 12.8. The van der Waals surface area contributed by atoms with Crippen LogP contribution in [0.1, 0.15) is 104 Å². The molecule has 0 bridgehead atoms. The zero-order valence-corrected chi connectivity index (χ0v) is 22.0. The summed E-state index contributed by atoms with van der Waals surface area (Å²) in [6, 6.07) is 0.140. The van der Waals surface area contributed by atoms with Gasteiger partial charge in [0.15, 0.2) is 0 Å². The molecule has 2 heterocycles. The van der Waals surface area contributed by atoms with Crippen LogP contribution in [0, 0.1) is 5.92 Å². The Morgan fingerprint density at radius 3 is 2.50 bits per heavy atom. The second-order valence-electron chi connectivity index (χ2n) is 10.8. The number of carbonyl (C=O) groups excluding carboxylic acids is 2. The normalized spacial score (nSPS) is 22.6. The lowest BCUT2D eigenvalue weighted by molar-refractivity contribution is -0.146. The summed E-state index contributed by atoms with van der Waals surface area (Å²) >= 11 is 0. The van der Waals surface area contributed by atoms with Crippen molar-refractivity contribution in [1.29, 1.82) is 0 Å². The van der Waals surface area contributed by atoms with E-state index in [9.17, 15) is 9.59 Å².